The van der Waals surface area contributed by atoms with E-state index in [-0.39, 0.29) is 10.8 Å². The van der Waals surface area contributed by atoms with Crippen LogP contribution in [0.1, 0.15) is 31.4 Å². The van der Waals surface area contributed by atoms with Gasteiger partial charge in [-0.25, -0.2) is 9.07 Å². The van der Waals surface area contributed by atoms with Crippen molar-refractivity contribution in [3.05, 3.63) is 94.8 Å². The first-order valence-corrected chi connectivity index (χ1v) is 10.1. The molecule has 0 amide bonds. The molecule has 2 heterocycles. The fourth-order valence-electron chi connectivity index (χ4n) is 3.78. The zero-order chi connectivity index (χ0) is 20.1. The van der Waals surface area contributed by atoms with Gasteiger partial charge in [0.05, 0.1) is 16.6 Å². The fourth-order valence-corrected chi connectivity index (χ4v) is 3.78. The number of hydrogen-bond donors (Lipinski definition) is 0. The van der Waals surface area contributed by atoms with Gasteiger partial charge in [0.1, 0.15) is 5.82 Å². The van der Waals surface area contributed by atoms with Crippen LogP contribution in [0.4, 0.5) is 4.39 Å². The van der Waals surface area contributed by atoms with Gasteiger partial charge in [0.2, 0.25) is 0 Å². The van der Waals surface area contributed by atoms with E-state index in [2.05, 4.69) is 23.3 Å². The number of aryl methyl sites for hydroxylation is 2. The highest BCUT2D eigenvalue weighted by Crippen LogP contribution is 2.16. The van der Waals surface area contributed by atoms with Crippen LogP contribution in [0.25, 0.3) is 16.6 Å². The summed E-state index contributed by atoms with van der Waals surface area (Å²) in [7, 11) is 0. The highest BCUT2D eigenvalue weighted by Gasteiger charge is 2.08. The Bertz CT molecular complexity index is 1150. The van der Waals surface area contributed by atoms with Crippen molar-refractivity contribution in [1.82, 2.24) is 14.3 Å². The molecule has 0 fully saturated rings. The number of hydrogen-bond acceptors (Lipinski definition) is 2. The lowest BCUT2D eigenvalue weighted by molar-refractivity contribution is 0.573. The van der Waals surface area contributed by atoms with Crippen molar-refractivity contribution in [3.8, 4) is 5.69 Å². The largest absolute Gasteiger partial charge is 0.347 e. The number of aromatic nitrogens is 3. The number of para-hydroxylation sites is 1. The number of nitrogens with zero attached hydrogens (tertiary/aromatic N) is 3. The van der Waals surface area contributed by atoms with Crippen LogP contribution in [-0.2, 0) is 13.0 Å². The zero-order valence-corrected chi connectivity index (χ0v) is 16.3. The van der Waals surface area contributed by atoms with E-state index in [4.69, 9.17) is 0 Å². The lowest BCUT2D eigenvalue weighted by Crippen LogP contribution is -2.09. The summed E-state index contributed by atoms with van der Waals surface area (Å²) in [5.41, 5.74) is 2.72. The lowest BCUT2D eigenvalue weighted by atomic mass is 10.1. The van der Waals surface area contributed by atoms with E-state index in [0.717, 1.165) is 44.3 Å². The van der Waals surface area contributed by atoms with Gasteiger partial charge in [0, 0.05) is 30.7 Å². The van der Waals surface area contributed by atoms with Gasteiger partial charge in [-0.2, -0.15) is 5.10 Å². The minimum atomic E-state index is -0.447. The number of pyridine rings is 1. The van der Waals surface area contributed by atoms with Gasteiger partial charge < -0.3 is 4.57 Å². The van der Waals surface area contributed by atoms with Crippen molar-refractivity contribution in [2.75, 3.05) is 0 Å². The molecule has 4 aromatic rings. The predicted octanol–water partition coefficient (Wildman–Crippen LogP) is 5.13. The second-order valence-electron chi connectivity index (χ2n) is 7.24. The van der Waals surface area contributed by atoms with E-state index in [1.165, 1.54) is 17.8 Å². The first-order valence-electron chi connectivity index (χ1n) is 10.1. The number of rotatable bonds is 8. The van der Waals surface area contributed by atoms with Gasteiger partial charge >= 0.3 is 0 Å². The Morgan fingerprint density at radius 2 is 1.69 bits per heavy atom. The molecule has 29 heavy (non-hydrogen) atoms. The van der Waals surface area contributed by atoms with E-state index in [1.54, 1.807) is 12.3 Å². The second kappa shape index (κ2) is 8.86. The molecule has 4 nitrogen and oxygen atoms in total. The lowest BCUT2D eigenvalue weighted by Gasteiger charge is -2.11. The van der Waals surface area contributed by atoms with Crippen LogP contribution < -0.4 is 5.43 Å². The third kappa shape index (κ3) is 4.29. The number of halogens is 1. The number of benzene rings is 2. The Morgan fingerprint density at radius 1 is 0.862 bits per heavy atom. The number of fused-ring (bicyclic) bond motifs is 1. The smallest absolute Gasteiger partial charge is 0.192 e. The van der Waals surface area contributed by atoms with Crippen LogP contribution in [0.3, 0.4) is 0 Å². The Balaban J connectivity index is 1.29. The quantitative estimate of drug-likeness (QED) is 0.392. The molecule has 0 spiro atoms. The summed E-state index contributed by atoms with van der Waals surface area (Å²) >= 11 is 0. The molecule has 2 aromatic heterocycles. The Morgan fingerprint density at radius 3 is 2.55 bits per heavy atom. The minimum absolute atomic E-state index is 0.184. The van der Waals surface area contributed by atoms with Gasteiger partial charge in [0.25, 0.3) is 0 Å². The van der Waals surface area contributed by atoms with E-state index in [1.807, 2.05) is 39.7 Å². The van der Waals surface area contributed by atoms with E-state index in [0.29, 0.717) is 5.52 Å². The normalized spacial score (nSPS) is 11.2. The first-order chi connectivity index (χ1) is 14.2. The molecule has 0 N–H and O–H groups in total. The highest BCUT2D eigenvalue weighted by atomic mass is 19.1. The fraction of sp³-hybridized carbons (Fsp3) is 0.250. The molecule has 2 aromatic carbocycles. The average Bonchev–Trinajstić information content (AvgIpc) is 3.21. The van der Waals surface area contributed by atoms with Crippen LogP contribution in [0, 0.1) is 5.82 Å². The van der Waals surface area contributed by atoms with Crippen molar-refractivity contribution in [3.63, 3.8) is 0 Å². The summed E-state index contributed by atoms with van der Waals surface area (Å²) < 4.78 is 18.0. The summed E-state index contributed by atoms with van der Waals surface area (Å²) in [6.07, 6.45) is 8.89. The van der Waals surface area contributed by atoms with Crippen LogP contribution in [-0.4, -0.2) is 14.3 Å². The maximum atomic E-state index is 14.0. The molecule has 0 radical (unpaired) electrons. The number of unbranched alkanes of at least 4 members (excludes halogenated alkanes) is 3. The van der Waals surface area contributed by atoms with Gasteiger partial charge in [-0.3, -0.25) is 4.79 Å². The topological polar surface area (TPSA) is 39.8 Å². The van der Waals surface area contributed by atoms with E-state index in [9.17, 15) is 9.18 Å². The van der Waals surface area contributed by atoms with Crippen LogP contribution >= 0.6 is 0 Å². The van der Waals surface area contributed by atoms with Gasteiger partial charge in [0.15, 0.2) is 5.43 Å². The molecule has 0 bridgehead atoms. The van der Waals surface area contributed by atoms with E-state index >= 15 is 0 Å². The molecule has 5 heteroatoms. The molecule has 4 rings (SSSR count). The molecule has 0 saturated carbocycles. The minimum Gasteiger partial charge on any atom is -0.347 e. The van der Waals surface area contributed by atoms with Crippen LogP contribution in [0.2, 0.25) is 0 Å². The molecule has 0 aliphatic heterocycles. The van der Waals surface area contributed by atoms with E-state index < -0.39 is 5.82 Å². The van der Waals surface area contributed by atoms with Crippen molar-refractivity contribution < 1.29 is 4.39 Å². The first kappa shape index (κ1) is 19.1. The van der Waals surface area contributed by atoms with Crippen LogP contribution in [0.5, 0.6) is 0 Å². The molecule has 0 atom stereocenters. The van der Waals surface area contributed by atoms with Gasteiger partial charge in [-0.05, 0) is 49.6 Å². The summed E-state index contributed by atoms with van der Waals surface area (Å²) in [4.78, 5) is 11.9. The summed E-state index contributed by atoms with van der Waals surface area (Å²) in [5.74, 6) is -0.447. The average molecular weight is 389 g/mol. The molecule has 148 valence electrons. The second-order valence-corrected chi connectivity index (χ2v) is 7.24. The third-order valence-electron chi connectivity index (χ3n) is 5.26. The summed E-state index contributed by atoms with van der Waals surface area (Å²) in [6.45, 7) is 0.780. The van der Waals surface area contributed by atoms with Crippen molar-refractivity contribution in [2.24, 2.45) is 0 Å². The molecule has 0 aliphatic carbocycles. The van der Waals surface area contributed by atoms with Crippen molar-refractivity contribution in [1.29, 1.82) is 0 Å². The monoisotopic (exact) mass is 389 g/mol. The molecular weight excluding hydrogens is 365 g/mol. The zero-order valence-electron chi connectivity index (χ0n) is 16.3. The third-order valence-corrected chi connectivity index (χ3v) is 5.26. The SMILES string of the molecule is O=c1ccn(CCCCCCc2ccnn2-c2ccccc2)c2cccc(F)c12. The van der Waals surface area contributed by atoms with Gasteiger partial charge in [-0.15, -0.1) is 0 Å². The predicted molar refractivity (Wildman–Crippen MR) is 114 cm³/mol. The Labute approximate surface area is 169 Å². The van der Waals surface area contributed by atoms with Crippen molar-refractivity contribution in [2.45, 2.75) is 38.6 Å². The highest BCUT2D eigenvalue weighted by molar-refractivity contribution is 5.79. The standard InChI is InChI=1S/C24H24FN3O/c25-21-12-8-13-22-24(21)23(29)15-18-27(22)17-7-2-1-4-11-20-14-16-26-28(20)19-9-5-3-6-10-19/h3,5-6,8-10,12-16,18H,1-2,4,7,11,17H2. The van der Waals surface area contributed by atoms with Crippen LogP contribution in [0.15, 0.2) is 77.9 Å². The molecule has 0 aliphatic rings. The molecule has 0 unspecified atom stereocenters. The maximum Gasteiger partial charge on any atom is 0.192 e. The Kier molecular flexibility index (Phi) is 5.84. The molecular formula is C24H24FN3O. The van der Waals surface area contributed by atoms with Crippen molar-refractivity contribution >= 4 is 10.9 Å². The maximum absolute atomic E-state index is 14.0. The van der Waals surface area contributed by atoms with Gasteiger partial charge in [-0.1, -0.05) is 37.1 Å². The Hall–Kier alpha value is -3.21. The summed E-state index contributed by atoms with van der Waals surface area (Å²) in [6, 6.07) is 18.5. The molecule has 0 saturated heterocycles. The summed E-state index contributed by atoms with van der Waals surface area (Å²) in [5, 5.41) is 4.63.